The topological polar surface area (TPSA) is 67.4 Å². The Labute approximate surface area is 110 Å². The third-order valence-electron chi connectivity index (χ3n) is 3.98. The number of rotatable bonds is 5. The van der Waals surface area contributed by atoms with Crippen molar-refractivity contribution >= 4 is 10.0 Å². The van der Waals surface area contributed by atoms with Gasteiger partial charge in [0.05, 0.1) is 11.9 Å². The summed E-state index contributed by atoms with van der Waals surface area (Å²) in [6, 6.07) is 0.0710. The number of hydrogen-bond donors (Lipinski definition) is 2. The fraction of sp³-hybridized carbons (Fsp3) is 1.00. The maximum absolute atomic E-state index is 12.1. The van der Waals surface area contributed by atoms with Gasteiger partial charge in [0.2, 0.25) is 10.0 Å². The summed E-state index contributed by atoms with van der Waals surface area (Å²) in [5.41, 5.74) is 0. The molecule has 2 fully saturated rings. The molecule has 0 bridgehead atoms. The van der Waals surface area contributed by atoms with Gasteiger partial charge in [-0.05, 0) is 51.1 Å². The number of piperidine rings is 1. The minimum atomic E-state index is -3.13. The molecule has 1 aliphatic carbocycles. The fourth-order valence-electron chi connectivity index (χ4n) is 2.92. The van der Waals surface area contributed by atoms with Crippen LogP contribution in [0.5, 0.6) is 0 Å². The molecular formula is C12H24N2O3S. The second-order valence-corrected chi connectivity index (χ2v) is 7.26. The predicted molar refractivity (Wildman–Crippen MR) is 71.0 cm³/mol. The molecular weight excluding hydrogens is 252 g/mol. The van der Waals surface area contributed by atoms with Crippen molar-refractivity contribution in [1.82, 2.24) is 10.0 Å². The molecule has 106 valence electrons. The van der Waals surface area contributed by atoms with E-state index in [0.717, 1.165) is 45.2 Å². The molecule has 0 radical (unpaired) electrons. The molecule has 2 unspecified atom stereocenters. The van der Waals surface area contributed by atoms with Crippen LogP contribution in [-0.2, 0) is 14.8 Å². The summed E-state index contributed by atoms with van der Waals surface area (Å²) in [6.45, 7) is 1.88. The zero-order chi connectivity index (χ0) is 13.0. The van der Waals surface area contributed by atoms with Gasteiger partial charge in [-0.25, -0.2) is 13.1 Å². The third kappa shape index (κ3) is 4.19. The summed E-state index contributed by atoms with van der Waals surface area (Å²) in [7, 11) is -1.44. The van der Waals surface area contributed by atoms with E-state index in [1.165, 1.54) is 0 Å². The van der Waals surface area contributed by atoms with Gasteiger partial charge in [0, 0.05) is 13.2 Å². The first-order valence-electron chi connectivity index (χ1n) is 6.82. The standard InChI is InChI=1S/C12H24N2O3S/c1-17-12-3-2-11(8-12)14-18(15,16)9-10-4-6-13-7-5-10/h10-14H,2-9H2,1H3. The SMILES string of the molecule is COC1CCC(NS(=O)(=O)CC2CCNCC2)C1. The predicted octanol–water partition coefficient (Wildman–Crippen LogP) is 0.473. The lowest BCUT2D eigenvalue weighted by molar-refractivity contribution is 0.107. The van der Waals surface area contributed by atoms with E-state index in [-0.39, 0.29) is 17.9 Å². The second-order valence-electron chi connectivity index (χ2n) is 5.46. The van der Waals surface area contributed by atoms with Crippen molar-refractivity contribution < 1.29 is 13.2 Å². The molecule has 1 saturated heterocycles. The highest BCUT2D eigenvalue weighted by Crippen LogP contribution is 2.22. The molecule has 0 aromatic heterocycles. The summed E-state index contributed by atoms with van der Waals surface area (Å²) in [4.78, 5) is 0. The molecule has 2 N–H and O–H groups in total. The summed E-state index contributed by atoms with van der Waals surface area (Å²) in [6.07, 6.45) is 4.80. The lowest BCUT2D eigenvalue weighted by Crippen LogP contribution is -2.39. The molecule has 0 aromatic carbocycles. The van der Waals surface area contributed by atoms with Crippen LogP contribution in [0, 0.1) is 5.92 Å². The van der Waals surface area contributed by atoms with Crippen molar-refractivity contribution in [3.8, 4) is 0 Å². The van der Waals surface area contributed by atoms with E-state index in [1.807, 2.05) is 0 Å². The van der Waals surface area contributed by atoms with E-state index in [4.69, 9.17) is 4.74 Å². The van der Waals surface area contributed by atoms with E-state index >= 15 is 0 Å². The van der Waals surface area contributed by atoms with Gasteiger partial charge < -0.3 is 10.1 Å². The Morgan fingerprint density at radius 2 is 1.94 bits per heavy atom. The number of sulfonamides is 1. The van der Waals surface area contributed by atoms with E-state index in [1.54, 1.807) is 7.11 Å². The monoisotopic (exact) mass is 276 g/mol. The van der Waals surface area contributed by atoms with Gasteiger partial charge in [0.25, 0.3) is 0 Å². The summed E-state index contributed by atoms with van der Waals surface area (Å²) < 4.78 is 32.3. The normalized spacial score (nSPS) is 30.7. The van der Waals surface area contributed by atoms with Crippen molar-refractivity contribution in [2.75, 3.05) is 26.0 Å². The molecule has 2 rings (SSSR count). The van der Waals surface area contributed by atoms with Crippen molar-refractivity contribution in [3.63, 3.8) is 0 Å². The number of nitrogens with one attached hydrogen (secondary N) is 2. The van der Waals surface area contributed by atoms with Crippen molar-refractivity contribution in [1.29, 1.82) is 0 Å². The second kappa shape index (κ2) is 6.32. The van der Waals surface area contributed by atoms with Gasteiger partial charge >= 0.3 is 0 Å². The van der Waals surface area contributed by atoms with Crippen LogP contribution in [0.15, 0.2) is 0 Å². The molecule has 0 amide bonds. The molecule has 1 saturated carbocycles. The minimum Gasteiger partial charge on any atom is -0.381 e. The van der Waals surface area contributed by atoms with Crippen LogP contribution in [-0.4, -0.2) is 46.5 Å². The van der Waals surface area contributed by atoms with Crippen LogP contribution in [0.2, 0.25) is 0 Å². The average molecular weight is 276 g/mol. The van der Waals surface area contributed by atoms with Crippen molar-refractivity contribution in [2.45, 2.75) is 44.2 Å². The molecule has 0 aromatic rings. The first kappa shape index (κ1) is 14.2. The highest BCUT2D eigenvalue weighted by atomic mass is 32.2. The number of ether oxygens (including phenoxy) is 1. The van der Waals surface area contributed by atoms with Gasteiger partial charge in [0.1, 0.15) is 0 Å². The highest BCUT2D eigenvalue weighted by molar-refractivity contribution is 7.89. The molecule has 2 atom stereocenters. The zero-order valence-corrected chi connectivity index (χ0v) is 11.8. The minimum absolute atomic E-state index is 0.0710. The lowest BCUT2D eigenvalue weighted by Gasteiger charge is -2.23. The summed E-state index contributed by atoms with van der Waals surface area (Å²) in [5.74, 6) is 0.589. The van der Waals surface area contributed by atoms with Gasteiger partial charge in [-0.1, -0.05) is 0 Å². The Bertz CT molecular complexity index is 352. The molecule has 6 heteroatoms. The van der Waals surface area contributed by atoms with Crippen molar-refractivity contribution in [2.24, 2.45) is 5.92 Å². The van der Waals surface area contributed by atoms with Crippen LogP contribution in [0.3, 0.4) is 0 Å². The van der Waals surface area contributed by atoms with Gasteiger partial charge in [-0.2, -0.15) is 0 Å². The molecule has 1 aliphatic heterocycles. The number of hydrogen-bond acceptors (Lipinski definition) is 4. The van der Waals surface area contributed by atoms with Gasteiger partial charge in [-0.15, -0.1) is 0 Å². The maximum atomic E-state index is 12.1. The molecule has 0 spiro atoms. The first-order chi connectivity index (χ1) is 8.59. The van der Waals surface area contributed by atoms with Crippen LogP contribution in [0.1, 0.15) is 32.1 Å². The maximum Gasteiger partial charge on any atom is 0.212 e. The Kier molecular flexibility index (Phi) is 5.00. The van der Waals surface area contributed by atoms with Crippen LogP contribution >= 0.6 is 0 Å². The Hall–Kier alpha value is -0.170. The van der Waals surface area contributed by atoms with Gasteiger partial charge in [-0.3, -0.25) is 0 Å². The third-order valence-corrected chi connectivity index (χ3v) is 5.58. The highest BCUT2D eigenvalue weighted by Gasteiger charge is 2.29. The largest absolute Gasteiger partial charge is 0.381 e. The summed E-state index contributed by atoms with van der Waals surface area (Å²) in [5, 5.41) is 3.26. The molecule has 2 aliphatic rings. The Morgan fingerprint density at radius 1 is 1.22 bits per heavy atom. The van der Waals surface area contributed by atoms with E-state index in [0.29, 0.717) is 5.92 Å². The quantitative estimate of drug-likeness (QED) is 0.766. The lowest BCUT2D eigenvalue weighted by atomic mass is 10.0. The van der Waals surface area contributed by atoms with Crippen LogP contribution in [0.4, 0.5) is 0 Å². The molecule has 5 nitrogen and oxygen atoms in total. The first-order valence-corrected chi connectivity index (χ1v) is 8.48. The molecule has 1 heterocycles. The Balaban J connectivity index is 1.80. The van der Waals surface area contributed by atoms with E-state index < -0.39 is 10.0 Å². The smallest absolute Gasteiger partial charge is 0.212 e. The fourth-order valence-corrected chi connectivity index (χ4v) is 4.69. The number of methoxy groups -OCH3 is 1. The summed E-state index contributed by atoms with van der Waals surface area (Å²) >= 11 is 0. The van der Waals surface area contributed by atoms with Crippen LogP contribution in [0.25, 0.3) is 0 Å². The molecule has 18 heavy (non-hydrogen) atoms. The van der Waals surface area contributed by atoms with Crippen molar-refractivity contribution in [3.05, 3.63) is 0 Å². The van der Waals surface area contributed by atoms with Crippen LogP contribution < -0.4 is 10.0 Å². The zero-order valence-electron chi connectivity index (χ0n) is 11.0. The van der Waals surface area contributed by atoms with E-state index in [2.05, 4.69) is 10.0 Å². The van der Waals surface area contributed by atoms with Gasteiger partial charge in [0.15, 0.2) is 0 Å². The Morgan fingerprint density at radius 3 is 2.56 bits per heavy atom. The van der Waals surface area contributed by atoms with E-state index in [9.17, 15) is 8.42 Å². The average Bonchev–Trinajstić information content (AvgIpc) is 2.76.